The van der Waals surface area contributed by atoms with Gasteiger partial charge in [0.15, 0.2) is 41.0 Å². The van der Waals surface area contributed by atoms with Crippen LogP contribution in [-0.2, 0) is 18.9 Å². The average Bonchev–Trinajstić information content (AvgIpc) is 3.19. The number of aliphatic hydroxyl groups is 5. The Bertz CT molecular complexity index is 1170. The molecule has 0 aliphatic carbocycles. The van der Waals surface area contributed by atoms with Gasteiger partial charge in [-0.3, -0.25) is 0 Å². The normalized spacial score (nSPS) is 32.6. The fourth-order valence-corrected chi connectivity index (χ4v) is 3.98. The molecule has 0 amide bonds. The summed E-state index contributed by atoms with van der Waals surface area (Å²) >= 11 is 0. The number of rotatable bonds is 8. The van der Waals surface area contributed by atoms with Crippen LogP contribution >= 0.6 is 0 Å². The van der Waals surface area contributed by atoms with Crippen molar-refractivity contribution >= 4 is 5.97 Å². The van der Waals surface area contributed by atoms with E-state index < -0.39 is 97.5 Å². The highest BCUT2D eigenvalue weighted by Crippen LogP contribution is 2.34. The number of aromatic hydroxyl groups is 4. The third-order valence-electron chi connectivity index (χ3n) is 6.29. The summed E-state index contributed by atoms with van der Waals surface area (Å²) in [6.45, 7) is -2.08. The Morgan fingerprint density at radius 2 is 1.59 bits per heavy atom. The van der Waals surface area contributed by atoms with E-state index in [4.69, 9.17) is 23.7 Å². The van der Waals surface area contributed by atoms with Crippen LogP contribution in [0.3, 0.4) is 0 Å². The molecule has 0 saturated carbocycles. The molecule has 0 unspecified atom stereocenters. The van der Waals surface area contributed by atoms with Crippen molar-refractivity contribution in [2.24, 2.45) is 0 Å². The largest absolute Gasteiger partial charge is 0.504 e. The van der Waals surface area contributed by atoms with E-state index in [-0.39, 0.29) is 11.3 Å². The molecule has 2 aromatic rings. The molecule has 2 aliphatic heterocycles. The molecular weight excluding hydrogens is 528 g/mol. The number of ether oxygens (including phenoxy) is 5. The topological polar surface area (TPSA) is 245 Å². The molecule has 9 N–H and O–H groups in total. The van der Waals surface area contributed by atoms with Gasteiger partial charge in [0, 0.05) is 6.07 Å². The number of esters is 1. The molecule has 2 heterocycles. The molecule has 0 spiro atoms. The lowest BCUT2D eigenvalue weighted by Crippen LogP contribution is -2.62. The highest BCUT2D eigenvalue weighted by Gasteiger charge is 2.54. The van der Waals surface area contributed by atoms with Crippen molar-refractivity contribution in [1.29, 1.82) is 0 Å². The fourth-order valence-electron chi connectivity index (χ4n) is 3.98. The average molecular weight is 556 g/mol. The molecule has 0 aromatic heterocycles. The number of carbonyl (C=O) groups excluding carboxylic acids is 1. The molecule has 2 aliphatic rings. The first kappa shape index (κ1) is 28.6. The lowest BCUT2D eigenvalue weighted by molar-refractivity contribution is -0.318. The molecule has 2 aromatic carbocycles. The van der Waals surface area contributed by atoms with E-state index in [0.717, 1.165) is 24.3 Å². The molecule has 4 rings (SSSR count). The minimum Gasteiger partial charge on any atom is -0.504 e. The van der Waals surface area contributed by atoms with E-state index >= 15 is 0 Å². The molecule has 39 heavy (non-hydrogen) atoms. The molecular formula is C24H28O15. The second-order valence-corrected chi connectivity index (χ2v) is 9.08. The molecule has 15 heteroatoms. The number of carbonyl (C=O) groups is 1. The van der Waals surface area contributed by atoms with E-state index in [1.54, 1.807) is 0 Å². The Balaban J connectivity index is 1.45. The Kier molecular flexibility index (Phi) is 8.34. The first-order valence-corrected chi connectivity index (χ1v) is 11.6. The van der Waals surface area contributed by atoms with E-state index in [9.17, 15) is 50.8 Å². The van der Waals surface area contributed by atoms with Crippen molar-refractivity contribution in [3.63, 3.8) is 0 Å². The summed E-state index contributed by atoms with van der Waals surface area (Å²) in [6.07, 6.45) is -11.3. The van der Waals surface area contributed by atoms with Crippen LogP contribution in [0.2, 0.25) is 0 Å². The first-order chi connectivity index (χ1) is 18.4. The van der Waals surface area contributed by atoms with Gasteiger partial charge in [0.1, 0.15) is 36.8 Å². The van der Waals surface area contributed by atoms with Crippen LogP contribution in [0.15, 0.2) is 36.4 Å². The molecule has 0 bridgehead atoms. The van der Waals surface area contributed by atoms with E-state index in [0.29, 0.717) is 0 Å². The number of hydrogen-bond acceptors (Lipinski definition) is 15. The summed E-state index contributed by atoms with van der Waals surface area (Å²) in [5.74, 6) is -3.04. The number of phenols is 4. The third kappa shape index (κ3) is 5.95. The van der Waals surface area contributed by atoms with Crippen molar-refractivity contribution < 1.29 is 74.4 Å². The van der Waals surface area contributed by atoms with Gasteiger partial charge in [-0.2, -0.15) is 0 Å². The first-order valence-electron chi connectivity index (χ1n) is 11.6. The zero-order valence-electron chi connectivity index (χ0n) is 20.1. The van der Waals surface area contributed by atoms with Crippen LogP contribution in [-0.4, -0.2) is 120 Å². The van der Waals surface area contributed by atoms with Gasteiger partial charge in [0.2, 0.25) is 6.29 Å². The van der Waals surface area contributed by atoms with Gasteiger partial charge >= 0.3 is 5.97 Å². The van der Waals surface area contributed by atoms with Crippen LogP contribution in [0.25, 0.3) is 0 Å². The maximum atomic E-state index is 12.3. The van der Waals surface area contributed by atoms with E-state index in [1.165, 1.54) is 12.1 Å². The van der Waals surface area contributed by atoms with Crippen LogP contribution in [0, 0.1) is 0 Å². The SMILES string of the molecule is O=C(OC[C@@]1(O)CO[C@@H](O[C@H]2[C@H](Oc3ccc(O)c(O)c3)O[C@H](CO)[C@@H](O)[C@@H]2O)[C@@H]1O)c1ccc(O)c(O)c1. The summed E-state index contributed by atoms with van der Waals surface area (Å²) in [4.78, 5) is 12.3. The van der Waals surface area contributed by atoms with Crippen molar-refractivity contribution in [3.8, 4) is 28.7 Å². The minimum absolute atomic E-state index is 0.0549. The molecule has 8 atom stereocenters. The van der Waals surface area contributed by atoms with Gasteiger partial charge < -0.3 is 69.6 Å². The zero-order chi connectivity index (χ0) is 28.5. The number of benzene rings is 2. The predicted octanol–water partition coefficient (Wildman–Crippen LogP) is -1.98. The van der Waals surface area contributed by atoms with Crippen LogP contribution in [0.5, 0.6) is 28.7 Å². The second kappa shape index (κ2) is 11.4. The maximum Gasteiger partial charge on any atom is 0.338 e. The second-order valence-electron chi connectivity index (χ2n) is 9.08. The maximum absolute atomic E-state index is 12.3. The summed E-state index contributed by atoms with van der Waals surface area (Å²) in [6, 6.07) is 6.56. The molecule has 0 radical (unpaired) electrons. The smallest absolute Gasteiger partial charge is 0.338 e. The molecule has 214 valence electrons. The van der Waals surface area contributed by atoms with Gasteiger partial charge in [-0.25, -0.2) is 4.79 Å². The van der Waals surface area contributed by atoms with Crippen molar-refractivity contribution in [2.75, 3.05) is 19.8 Å². The number of aliphatic hydroxyl groups excluding tert-OH is 4. The highest BCUT2D eigenvalue weighted by atomic mass is 16.8. The van der Waals surface area contributed by atoms with E-state index in [1.807, 2.05) is 0 Å². The summed E-state index contributed by atoms with van der Waals surface area (Å²) in [5, 5.41) is 90.2. The van der Waals surface area contributed by atoms with Crippen molar-refractivity contribution in [3.05, 3.63) is 42.0 Å². The van der Waals surface area contributed by atoms with Gasteiger partial charge in [-0.1, -0.05) is 0 Å². The van der Waals surface area contributed by atoms with Crippen molar-refractivity contribution in [2.45, 2.75) is 48.7 Å². The lowest BCUT2D eigenvalue weighted by atomic mass is 9.98. The summed E-state index contributed by atoms with van der Waals surface area (Å²) < 4.78 is 27.0. The third-order valence-corrected chi connectivity index (χ3v) is 6.29. The Morgan fingerprint density at radius 1 is 0.923 bits per heavy atom. The number of phenolic OH excluding ortho intramolecular Hbond substituents is 4. The molecule has 2 saturated heterocycles. The van der Waals surface area contributed by atoms with Crippen LogP contribution < -0.4 is 4.74 Å². The van der Waals surface area contributed by atoms with Crippen LogP contribution in [0.4, 0.5) is 0 Å². The number of hydrogen-bond donors (Lipinski definition) is 9. The monoisotopic (exact) mass is 556 g/mol. The van der Waals surface area contributed by atoms with E-state index in [2.05, 4.69) is 0 Å². The van der Waals surface area contributed by atoms with Gasteiger partial charge in [0.25, 0.3) is 0 Å². The lowest BCUT2D eigenvalue weighted by Gasteiger charge is -2.42. The standard InChI is InChI=1S/C24H28O15/c25-7-16-17(30)18(31)19(22(38-16)37-11-2-4-13(27)15(29)6-11)39-23-20(32)24(34,9-36-23)8-35-21(33)10-1-3-12(26)14(28)5-10/h1-6,16-20,22-23,25-32,34H,7-9H2/t16-,17-,18+,19-,20+,22-,23+,24-/m1/s1. The Hall–Kier alpha value is -3.41. The fraction of sp³-hybridized carbons (Fsp3) is 0.458. The summed E-state index contributed by atoms with van der Waals surface area (Å²) in [7, 11) is 0. The summed E-state index contributed by atoms with van der Waals surface area (Å²) in [5.41, 5.74) is -2.32. The molecule has 15 nitrogen and oxygen atoms in total. The van der Waals surface area contributed by atoms with Gasteiger partial charge in [-0.05, 0) is 30.3 Å². The quantitative estimate of drug-likeness (QED) is 0.126. The van der Waals surface area contributed by atoms with Gasteiger partial charge in [0.05, 0.1) is 18.8 Å². The van der Waals surface area contributed by atoms with Crippen molar-refractivity contribution in [1.82, 2.24) is 0 Å². The highest BCUT2D eigenvalue weighted by molar-refractivity contribution is 5.90. The molecule has 2 fully saturated rings. The van der Waals surface area contributed by atoms with Crippen LogP contribution in [0.1, 0.15) is 10.4 Å². The zero-order valence-corrected chi connectivity index (χ0v) is 20.1. The van der Waals surface area contributed by atoms with Gasteiger partial charge in [-0.15, -0.1) is 0 Å². The Labute approximate surface area is 220 Å². The Morgan fingerprint density at radius 3 is 2.23 bits per heavy atom. The minimum atomic E-state index is -2.18. The predicted molar refractivity (Wildman–Crippen MR) is 124 cm³/mol.